The molecule has 0 fully saturated rings. The van der Waals surface area contributed by atoms with Crippen molar-refractivity contribution in [2.45, 2.75) is 29.8 Å². The molecule has 0 radical (unpaired) electrons. The number of nitrogens with zero attached hydrogens (tertiary/aromatic N) is 2. The molecule has 0 bridgehead atoms. The van der Waals surface area contributed by atoms with Crippen LogP contribution in [0.2, 0.25) is 0 Å². The molecular formula is C25H26F3N3O5S2. The normalized spacial score (nSPS) is 12.4. The number of sulfonamides is 2. The van der Waals surface area contributed by atoms with E-state index < -0.39 is 44.2 Å². The molecule has 3 aromatic carbocycles. The molecule has 1 amide bonds. The molecule has 38 heavy (non-hydrogen) atoms. The third kappa shape index (κ3) is 6.52. The first-order valence-electron chi connectivity index (χ1n) is 11.5. The Morgan fingerprint density at radius 3 is 1.92 bits per heavy atom. The standard InChI is InChI=1S/C25H26F3N3O5S2/c1-3-30(4-2)37(33,34)23-15-13-20(14-16-23)29-24(32)18-31(38(35,36)22-11-6-5-7-12-22)21-10-8-9-19(17-21)25(26,27)28/h5-17H,3-4,18H2,1-2H3,(H,29,32). The van der Waals surface area contributed by atoms with Crippen molar-refractivity contribution in [1.82, 2.24) is 4.31 Å². The summed E-state index contributed by atoms with van der Waals surface area (Å²) in [5.74, 6) is -0.846. The Bertz CT molecular complexity index is 1470. The largest absolute Gasteiger partial charge is 0.416 e. The van der Waals surface area contributed by atoms with E-state index in [0.29, 0.717) is 10.4 Å². The fraction of sp³-hybridized carbons (Fsp3) is 0.240. The van der Waals surface area contributed by atoms with Gasteiger partial charge < -0.3 is 5.32 Å². The highest BCUT2D eigenvalue weighted by Crippen LogP contribution is 2.33. The maximum atomic E-state index is 13.4. The van der Waals surface area contributed by atoms with Crippen LogP contribution in [0.15, 0.2) is 88.7 Å². The Morgan fingerprint density at radius 2 is 1.37 bits per heavy atom. The molecule has 0 unspecified atom stereocenters. The van der Waals surface area contributed by atoms with Crippen LogP contribution in [-0.4, -0.2) is 46.7 Å². The van der Waals surface area contributed by atoms with E-state index >= 15 is 0 Å². The van der Waals surface area contributed by atoms with Gasteiger partial charge in [-0.15, -0.1) is 0 Å². The van der Waals surface area contributed by atoms with Crippen LogP contribution in [0.4, 0.5) is 24.5 Å². The van der Waals surface area contributed by atoms with Gasteiger partial charge >= 0.3 is 6.18 Å². The van der Waals surface area contributed by atoms with Crippen LogP contribution < -0.4 is 9.62 Å². The van der Waals surface area contributed by atoms with Gasteiger partial charge in [-0.1, -0.05) is 38.1 Å². The smallest absolute Gasteiger partial charge is 0.325 e. The highest BCUT2D eigenvalue weighted by atomic mass is 32.2. The third-order valence-electron chi connectivity index (χ3n) is 5.56. The molecule has 0 atom stereocenters. The number of benzene rings is 3. The van der Waals surface area contributed by atoms with Crippen molar-refractivity contribution in [1.29, 1.82) is 0 Å². The highest BCUT2D eigenvalue weighted by molar-refractivity contribution is 7.92. The summed E-state index contributed by atoms with van der Waals surface area (Å²) in [5, 5.41) is 2.47. The average molecular weight is 570 g/mol. The van der Waals surface area contributed by atoms with Crippen LogP contribution in [0.25, 0.3) is 0 Å². The van der Waals surface area contributed by atoms with Crippen molar-refractivity contribution < 1.29 is 34.8 Å². The lowest BCUT2D eigenvalue weighted by atomic mass is 10.2. The lowest BCUT2D eigenvalue weighted by Gasteiger charge is -2.25. The number of alkyl halides is 3. The molecule has 0 aliphatic heterocycles. The van der Waals surface area contributed by atoms with E-state index in [9.17, 15) is 34.8 Å². The van der Waals surface area contributed by atoms with Gasteiger partial charge in [0.05, 0.1) is 21.0 Å². The van der Waals surface area contributed by atoms with Gasteiger partial charge in [0.2, 0.25) is 15.9 Å². The van der Waals surface area contributed by atoms with Crippen LogP contribution in [-0.2, 0) is 31.0 Å². The number of hydrogen-bond donors (Lipinski definition) is 1. The predicted octanol–water partition coefficient (Wildman–Crippen LogP) is 4.57. The fourth-order valence-corrected chi connectivity index (χ4v) is 6.52. The molecule has 0 heterocycles. The zero-order valence-corrected chi connectivity index (χ0v) is 22.1. The number of rotatable bonds is 10. The van der Waals surface area contributed by atoms with Crippen molar-refractivity contribution >= 4 is 37.3 Å². The van der Waals surface area contributed by atoms with Gasteiger partial charge in [0.1, 0.15) is 6.54 Å². The zero-order valence-electron chi connectivity index (χ0n) is 20.5. The topological polar surface area (TPSA) is 104 Å². The maximum Gasteiger partial charge on any atom is 0.416 e. The molecule has 0 spiro atoms. The molecule has 0 saturated carbocycles. The minimum Gasteiger partial charge on any atom is -0.325 e. The predicted molar refractivity (Wildman–Crippen MR) is 138 cm³/mol. The second-order valence-electron chi connectivity index (χ2n) is 8.03. The number of hydrogen-bond acceptors (Lipinski definition) is 5. The van der Waals surface area contributed by atoms with Crippen LogP contribution in [0, 0.1) is 0 Å². The molecule has 13 heteroatoms. The van der Waals surface area contributed by atoms with E-state index in [1.165, 1.54) is 52.8 Å². The second kappa shape index (κ2) is 11.5. The quantitative estimate of drug-likeness (QED) is 0.385. The number of nitrogens with one attached hydrogen (secondary N) is 1. The minimum atomic E-state index is -4.73. The number of amides is 1. The Balaban J connectivity index is 1.91. The second-order valence-corrected chi connectivity index (χ2v) is 11.8. The highest BCUT2D eigenvalue weighted by Gasteiger charge is 2.33. The number of carbonyl (C=O) groups is 1. The molecule has 0 aliphatic rings. The van der Waals surface area contributed by atoms with Gasteiger partial charge in [-0.3, -0.25) is 9.10 Å². The lowest BCUT2D eigenvalue weighted by molar-refractivity contribution is -0.137. The maximum absolute atomic E-state index is 13.4. The molecular weight excluding hydrogens is 543 g/mol. The summed E-state index contributed by atoms with van der Waals surface area (Å²) in [5.41, 5.74) is -1.25. The van der Waals surface area contributed by atoms with E-state index in [1.54, 1.807) is 19.9 Å². The van der Waals surface area contributed by atoms with Crippen molar-refractivity contribution in [3.8, 4) is 0 Å². The van der Waals surface area contributed by atoms with E-state index in [4.69, 9.17) is 0 Å². The summed E-state index contributed by atoms with van der Waals surface area (Å²) >= 11 is 0. The Kier molecular flexibility index (Phi) is 8.85. The van der Waals surface area contributed by atoms with E-state index in [0.717, 1.165) is 18.2 Å². The summed E-state index contributed by atoms with van der Waals surface area (Å²) in [6, 6.07) is 16.0. The van der Waals surface area contributed by atoms with Gasteiger partial charge in [-0.05, 0) is 54.6 Å². The average Bonchev–Trinajstić information content (AvgIpc) is 2.88. The summed E-state index contributed by atoms with van der Waals surface area (Å²) in [4.78, 5) is 12.7. The molecule has 204 valence electrons. The summed E-state index contributed by atoms with van der Waals surface area (Å²) in [7, 11) is -8.15. The van der Waals surface area contributed by atoms with Crippen molar-refractivity contribution in [3.63, 3.8) is 0 Å². The molecule has 1 N–H and O–H groups in total. The summed E-state index contributed by atoms with van der Waals surface area (Å²) in [6.07, 6.45) is -4.73. The van der Waals surface area contributed by atoms with Crippen LogP contribution in [0.5, 0.6) is 0 Å². The van der Waals surface area contributed by atoms with E-state index in [-0.39, 0.29) is 34.3 Å². The summed E-state index contributed by atoms with van der Waals surface area (Å²) in [6.45, 7) is 3.12. The Hall–Kier alpha value is -3.42. The monoisotopic (exact) mass is 569 g/mol. The summed E-state index contributed by atoms with van der Waals surface area (Å²) < 4.78 is 93.8. The SMILES string of the molecule is CCN(CC)S(=O)(=O)c1ccc(NC(=O)CN(c2cccc(C(F)(F)F)c2)S(=O)(=O)c2ccccc2)cc1. The fourth-order valence-electron chi connectivity index (χ4n) is 3.63. The van der Waals surface area contributed by atoms with Crippen LogP contribution >= 0.6 is 0 Å². The van der Waals surface area contributed by atoms with Crippen molar-refractivity contribution in [3.05, 3.63) is 84.4 Å². The van der Waals surface area contributed by atoms with E-state index in [1.807, 2.05) is 0 Å². The van der Waals surface area contributed by atoms with Crippen LogP contribution in [0.1, 0.15) is 19.4 Å². The number of anilines is 2. The molecule has 3 aromatic rings. The minimum absolute atomic E-state index is 0.0106. The van der Waals surface area contributed by atoms with Gasteiger partial charge in [0.25, 0.3) is 10.0 Å². The number of carbonyl (C=O) groups excluding carboxylic acids is 1. The zero-order chi connectivity index (χ0) is 28.1. The van der Waals surface area contributed by atoms with Crippen molar-refractivity contribution in [2.75, 3.05) is 29.3 Å². The van der Waals surface area contributed by atoms with Gasteiger partial charge in [0, 0.05) is 18.8 Å². The molecule has 0 aromatic heterocycles. The first-order chi connectivity index (χ1) is 17.8. The third-order valence-corrected chi connectivity index (χ3v) is 9.41. The first kappa shape index (κ1) is 29.1. The molecule has 3 rings (SSSR count). The first-order valence-corrected chi connectivity index (χ1v) is 14.3. The Morgan fingerprint density at radius 1 is 0.789 bits per heavy atom. The molecule has 0 aliphatic carbocycles. The lowest BCUT2D eigenvalue weighted by Crippen LogP contribution is -2.38. The van der Waals surface area contributed by atoms with Gasteiger partial charge in [-0.25, -0.2) is 16.8 Å². The van der Waals surface area contributed by atoms with Gasteiger partial charge in [-0.2, -0.15) is 17.5 Å². The molecule has 8 nitrogen and oxygen atoms in total. The van der Waals surface area contributed by atoms with Crippen molar-refractivity contribution in [2.24, 2.45) is 0 Å². The van der Waals surface area contributed by atoms with Gasteiger partial charge in [0.15, 0.2) is 0 Å². The molecule has 0 saturated heterocycles. The Labute approximate surface area is 219 Å². The van der Waals surface area contributed by atoms with Crippen LogP contribution in [0.3, 0.4) is 0 Å². The number of halogens is 3. The van der Waals surface area contributed by atoms with E-state index in [2.05, 4.69) is 5.32 Å².